The third-order valence-electron chi connectivity index (χ3n) is 4.54. The van der Waals surface area contributed by atoms with Crippen molar-refractivity contribution >= 4 is 5.91 Å². The standard InChI is InChI=1S/C22H27NO5/c1-3-26-19-7-5-4-6-18(19)14-23(13-16(2)24)22(25)11-9-17-8-10-20-21(12-17)28-15-27-20/h4-8,10,12,16,24H,3,9,11,13-15H2,1-2H3/t16-/m0/s1. The second-order valence-electron chi connectivity index (χ2n) is 6.85. The minimum absolute atomic E-state index is 0.00938. The van der Waals surface area contributed by atoms with Crippen LogP contribution in [0.25, 0.3) is 0 Å². The predicted molar refractivity (Wildman–Crippen MR) is 106 cm³/mol. The molecule has 0 fully saturated rings. The van der Waals surface area contributed by atoms with E-state index in [9.17, 15) is 9.90 Å². The Hall–Kier alpha value is -2.73. The number of aryl methyl sites for hydroxylation is 1. The molecule has 0 spiro atoms. The fourth-order valence-corrected chi connectivity index (χ4v) is 3.22. The van der Waals surface area contributed by atoms with E-state index in [1.807, 2.05) is 49.4 Å². The van der Waals surface area contributed by atoms with Crippen LogP contribution in [0.3, 0.4) is 0 Å². The molecular formula is C22H27NO5. The maximum Gasteiger partial charge on any atom is 0.231 e. The van der Waals surface area contributed by atoms with Crippen LogP contribution in [0.4, 0.5) is 0 Å². The number of hydrogen-bond donors (Lipinski definition) is 1. The van der Waals surface area contributed by atoms with Gasteiger partial charge in [-0.25, -0.2) is 0 Å². The Labute approximate surface area is 165 Å². The van der Waals surface area contributed by atoms with Crippen molar-refractivity contribution < 1.29 is 24.1 Å². The molecule has 1 aliphatic heterocycles. The van der Waals surface area contributed by atoms with Crippen LogP contribution >= 0.6 is 0 Å². The molecule has 6 nitrogen and oxygen atoms in total. The van der Waals surface area contributed by atoms with Gasteiger partial charge in [-0.15, -0.1) is 0 Å². The van der Waals surface area contributed by atoms with Crippen molar-refractivity contribution in [2.45, 2.75) is 39.3 Å². The lowest BCUT2D eigenvalue weighted by molar-refractivity contribution is -0.133. The van der Waals surface area contributed by atoms with E-state index in [0.717, 1.165) is 28.4 Å². The van der Waals surface area contributed by atoms with E-state index >= 15 is 0 Å². The zero-order valence-corrected chi connectivity index (χ0v) is 16.4. The summed E-state index contributed by atoms with van der Waals surface area (Å²) in [5.41, 5.74) is 1.95. The fourth-order valence-electron chi connectivity index (χ4n) is 3.22. The van der Waals surface area contributed by atoms with Crippen LogP contribution < -0.4 is 14.2 Å². The third-order valence-corrected chi connectivity index (χ3v) is 4.54. The molecule has 0 saturated heterocycles. The molecule has 1 atom stereocenters. The summed E-state index contributed by atoms with van der Waals surface area (Å²) in [6.45, 7) is 5.10. The predicted octanol–water partition coefficient (Wildman–Crippen LogP) is 3.16. The minimum atomic E-state index is -0.603. The number of aliphatic hydroxyl groups is 1. The summed E-state index contributed by atoms with van der Waals surface area (Å²) < 4.78 is 16.4. The number of ether oxygens (including phenoxy) is 3. The van der Waals surface area contributed by atoms with Gasteiger partial charge in [0.1, 0.15) is 5.75 Å². The molecule has 0 bridgehead atoms. The molecule has 1 aliphatic rings. The number of carbonyl (C=O) groups excluding carboxylic acids is 1. The van der Waals surface area contributed by atoms with E-state index in [4.69, 9.17) is 14.2 Å². The lowest BCUT2D eigenvalue weighted by Crippen LogP contribution is -2.36. The maximum absolute atomic E-state index is 12.9. The molecule has 2 aromatic rings. The summed E-state index contributed by atoms with van der Waals surface area (Å²) in [6, 6.07) is 13.4. The Morgan fingerprint density at radius 1 is 1.21 bits per heavy atom. The van der Waals surface area contributed by atoms with Gasteiger partial charge in [0.25, 0.3) is 0 Å². The lowest BCUT2D eigenvalue weighted by Gasteiger charge is -2.25. The van der Waals surface area contributed by atoms with Gasteiger partial charge in [-0.1, -0.05) is 24.3 Å². The zero-order valence-electron chi connectivity index (χ0n) is 16.4. The minimum Gasteiger partial charge on any atom is -0.494 e. The molecule has 0 saturated carbocycles. The normalized spacial score (nSPS) is 13.2. The topological polar surface area (TPSA) is 68.2 Å². The highest BCUT2D eigenvalue weighted by molar-refractivity contribution is 5.76. The maximum atomic E-state index is 12.9. The van der Waals surface area contributed by atoms with Crippen molar-refractivity contribution in [3.05, 3.63) is 53.6 Å². The van der Waals surface area contributed by atoms with E-state index < -0.39 is 6.10 Å². The Bertz CT molecular complexity index is 805. The molecule has 0 aliphatic carbocycles. The van der Waals surface area contributed by atoms with Gasteiger partial charge >= 0.3 is 0 Å². The number of amides is 1. The molecule has 1 heterocycles. The summed E-state index contributed by atoms with van der Waals surface area (Å²) >= 11 is 0. The van der Waals surface area contributed by atoms with Gasteiger partial charge in [0, 0.05) is 25.1 Å². The second-order valence-corrected chi connectivity index (χ2v) is 6.85. The number of fused-ring (bicyclic) bond motifs is 1. The van der Waals surface area contributed by atoms with Gasteiger partial charge in [-0.3, -0.25) is 4.79 Å². The summed E-state index contributed by atoms with van der Waals surface area (Å²) in [7, 11) is 0. The van der Waals surface area contributed by atoms with Crippen LogP contribution in [-0.2, 0) is 17.8 Å². The molecule has 3 rings (SSSR count). The van der Waals surface area contributed by atoms with Gasteiger partial charge < -0.3 is 24.2 Å². The molecule has 1 amide bonds. The first kappa shape index (κ1) is 20.0. The molecule has 6 heteroatoms. The van der Waals surface area contributed by atoms with Crippen molar-refractivity contribution in [3.63, 3.8) is 0 Å². The summed E-state index contributed by atoms with van der Waals surface area (Å²) in [5, 5.41) is 9.86. The van der Waals surface area contributed by atoms with Gasteiger partial charge in [-0.2, -0.15) is 0 Å². The highest BCUT2D eigenvalue weighted by Gasteiger charge is 2.19. The number of carbonyl (C=O) groups is 1. The van der Waals surface area contributed by atoms with Crippen molar-refractivity contribution in [3.8, 4) is 17.2 Å². The molecule has 0 radical (unpaired) electrons. The smallest absolute Gasteiger partial charge is 0.231 e. The SMILES string of the molecule is CCOc1ccccc1CN(C[C@H](C)O)C(=O)CCc1ccc2c(c1)OCO2. The van der Waals surface area contributed by atoms with Crippen molar-refractivity contribution in [1.29, 1.82) is 0 Å². The average Bonchev–Trinajstić information content (AvgIpc) is 3.14. The molecule has 28 heavy (non-hydrogen) atoms. The molecule has 1 N–H and O–H groups in total. The summed E-state index contributed by atoms with van der Waals surface area (Å²) in [6.07, 6.45) is 0.343. The summed E-state index contributed by atoms with van der Waals surface area (Å²) in [4.78, 5) is 14.6. The van der Waals surface area contributed by atoms with Crippen LogP contribution in [0.5, 0.6) is 17.2 Å². The highest BCUT2D eigenvalue weighted by Crippen LogP contribution is 2.32. The van der Waals surface area contributed by atoms with Crippen LogP contribution in [0.2, 0.25) is 0 Å². The Morgan fingerprint density at radius 3 is 2.79 bits per heavy atom. The largest absolute Gasteiger partial charge is 0.494 e. The first-order valence-corrected chi connectivity index (χ1v) is 9.62. The van der Waals surface area contributed by atoms with Gasteiger partial charge in [0.05, 0.1) is 12.7 Å². The highest BCUT2D eigenvalue weighted by atomic mass is 16.7. The molecule has 2 aromatic carbocycles. The van der Waals surface area contributed by atoms with E-state index in [0.29, 0.717) is 26.0 Å². The van der Waals surface area contributed by atoms with Crippen LogP contribution in [0.15, 0.2) is 42.5 Å². The Morgan fingerprint density at radius 2 is 2.00 bits per heavy atom. The van der Waals surface area contributed by atoms with Gasteiger partial charge in [0.15, 0.2) is 11.5 Å². The monoisotopic (exact) mass is 385 g/mol. The quantitative estimate of drug-likeness (QED) is 0.718. The number of aliphatic hydroxyl groups excluding tert-OH is 1. The van der Waals surface area contributed by atoms with E-state index in [1.165, 1.54) is 0 Å². The number of nitrogens with zero attached hydrogens (tertiary/aromatic N) is 1. The van der Waals surface area contributed by atoms with Crippen molar-refractivity contribution in [1.82, 2.24) is 4.90 Å². The van der Waals surface area contributed by atoms with E-state index in [2.05, 4.69) is 0 Å². The van der Waals surface area contributed by atoms with Crippen molar-refractivity contribution in [2.75, 3.05) is 19.9 Å². The zero-order chi connectivity index (χ0) is 19.9. The molecular weight excluding hydrogens is 358 g/mol. The lowest BCUT2D eigenvalue weighted by atomic mass is 10.1. The van der Waals surface area contributed by atoms with Crippen LogP contribution in [0, 0.1) is 0 Å². The number of benzene rings is 2. The Balaban J connectivity index is 1.66. The molecule has 0 aromatic heterocycles. The summed E-state index contributed by atoms with van der Waals surface area (Å²) in [5.74, 6) is 2.21. The van der Waals surface area contributed by atoms with Gasteiger partial charge in [-0.05, 0) is 44.0 Å². The van der Waals surface area contributed by atoms with Crippen LogP contribution in [-0.4, -0.2) is 42.0 Å². The first-order chi connectivity index (χ1) is 13.6. The average molecular weight is 385 g/mol. The van der Waals surface area contributed by atoms with Crippen LogP contribution in [0.1, 0.15) is 31.4 Å². The number of hydrogen-bond acceptors (Lipinski definition) is 5. The number of para-hydroxylation sites is 1. The fraction of sp³-hybridized carbons (Fsp3) is 0.409. The number of rotatable bonds is 9. The second kappa shape index (κ2) is 9.46. The van der Waals surface area contributed by atoms with E-state index in [1.54, 1.807) is 11.8 Å². The van der Waals surface area contributed by atoms with Crippen molar-refractivity contribution in [2.24, 2.45) is 0 Å². The van der Waals surface area contributed by atoms with Gasteiger partial charge in [0.2, 0.25) is 12.7 Å². The van der Waals surface area contributed by atoms with E-state index in [-0.39, 0.29) is 19.2 Å². The molecule has 150 valence electrons. The first-order valence-electron chi connectivity index (χ1n) is 9.62. The Kier molecular flexibility index (Phi) is 6.76. The molecule has 0 unspecified atom stereocenters. The third kappa shape index (κ3) is 5.16.